The van der Waals surface area contributed by atoms with E-state index in [1.54, 1.807) is 0 Å². The zero-order valence-electron chi connectivity index (χ0n) is 10.1. The van der Waals surface area contributed by atoms with Crippen LogP contribution in [0.1, 0.15) is 39.5 Å². The molecule has 2 fully saturated rings. The zero-order valence-corrected chi connectivity index (χ0v) is 10.1. The van der Waals surface area contributed by atoms with Gasteiger partial charge in [0.15, 0.2) is 5.79 Å². The molecule has 0 unspecified atom stereocenters. The Hall–Kier alpha value is -0.630. The van der Waals surface area contributed by atoms with Crippen molar-refractivity contribution in [1.29, 1.82) is 5.26 Å². The Balaban J connectivity index is 1.99. The van der Waals surface area contributed by atoms with Crippen molar-refractivity contribution in [3.8, 4) is 6.07 Å². The minimum Gasteiger partial charge on any atom is -0.348 e. The summed E-state index contributed by atoms with van der Waals surface area (Å²) in [7, 11) is 0. The molecule has 2 rings (SSSR count). The molecule has 1 saturated heterocycles. The highest BCUT2D eigenvalue weighted by molar-refractivity contribution is 5.11. The van der Waals surface area contributed by atoms with Crippen LogP contribution in [0.2, 0.25) is 0 Å². The van der Waals surface area contributed by atoms with E-state index in [0.717, 1.165) is 25.7 Å². The molecule has 1 N–H and O–H groups in total. The van der Waals surface area contributed by atoms with Gasteiger partial charge in [-0.2, -0.15) is 5.26 Å². The van der Waals surface area contributed by atoms with Gasteiger partial charge in [0.05, 0.1) is 19.3 Å². The van der Waals surface area contributed by atoms with Gasteiger partial charge in [0.1, 0.15) is 5.54 Å². The smallest absolute Gasteiger partial charge is 0.168 e. The molecule has 16 heavy (non-hydrogen) atoms. The molecule has 4 heteroatoms. The summed E-state index contributed by atoms with van der Waals surface area (Å²) in [5, 5.41) is 12.7. The predicted octanol–water partition coefficient (Wildman–Crippen LogP) is 1.56. The summed E-state index contributed by atoms with van der Waals surface area (Å²) in [6.45, 7) is 5.53. The monoisotopic (exact) mass is 224 g/mol. The number of nitrogens with zero attached hydrogens (tertiary/aromatic N) is 1. The first-order valence-corrected chi connectivity index (χ1v) is 6.07. The van der Waals surface area contributed by atoms with Gasteiger partial charge in [-0.3, -0.25) is 5.32 Å². The maximum Gasteiger partial charge on any atom is 0.168 e. The average molecular weight is 224 g/mol. The first-order chi connectivity index (χ1) is 7.60. The summed E-state index contributed by atoms with van der Waals surface area (Å²) in [6.07, 6.45) is 3.25. The van der Waals surface area contributed by atoms with Crippen LogP contribution in [0, 0.1) is 11.3 Å². The Bertz CT molecular complexity index is 280. The summed E-state index contributed by atoms with van der Waals surface area (Å²) in [6, 6.07) is 2.77. The van der Waals surface area contributed by atoms with E-state index in [9.17, 15) is 5.26 Å². The second-order valence-corrected chi connectivity index (χ2v) is 5.10. The molecule has 0 radical (unpaired) electrons. The lowest BCUT2D eigenvalue weighted by Crippen LogP contribution is -2.53. The molecule has 0 bridgehead atoms. The molecule has 0 amide bonds. The van der Waals surface area contributed by atoms with Crippen LogP contribution in [0.4, 0.5) is 0 Å². The van der Waals surface area contributed by atoms with E-state index < -0.39 is 0 Å². The highest BCUT2D eigenvalue weighted by Crippen LogP contribution is 2.40. The minimum absolute atomic E-state index is 0.333. The molecule has 1 aliphatic carbocycles. The van der Waals surface area contributed by atoms with E-state index in [2.05, 4.69) is 25.2 Å². The standard InChI is InChI=1S/C12H20N2O2/c1-10(2)14-11(9-13)3-5-12(6-4-11)15-7-8-16-12/h10,14H,3-8H2,1-2H3. The summed E-state index contributed by atoms with van der Waals surface area (Å²) in [5.74, 6) is -0.376. The van der Waals surface area contributed by atoms with Gasteiger partial charge in [-0.05, 0) is 26.7 Å². The fourth-order valence-electron chi connectivity index (χ4n) is 2.68. The van der Waals surface area contributed by atoms with E-state index >= 15 is 0 Å². The molecule has 1 spiro atoms. The van der Waals surface area contributed by atoms with Crippen LogP contribution in [0.15, 0.2) is 0 Å². The van der Waals surface area contributed by atoms with Gasteiger partial charge in [-0.25, -0.2) is 0 Å². The van der Waals surface area contributed by atoms with Crippen LogP contribution in [0.3, 0.4) is 0 Å². The van der Waals surface area contributed by atoms with Gasteiger partial charge >= 0.3 is 0 Å². The van der Waals surface area contributed by atoms with Crippen molar-refractivity contribution >= 4 is 0 Å². The second kappa shape index (κ2) is 4.33. The lowest BCUT2D eigenvalue weighted by atomic mass is 9.79. The molecule has 0 aromatic heterocycles. The SMILES string of the molecule is CC(C)NC1(C#N)CCC2(CC1)OCCO2. The second-order valence-electron chi connectivity index (χ2n) is 5.10. The van der Waals surface area contributed by atoms with E-state index in [1.165, 1.54) is 0 Å². The molecule has 4 nitrogen and oxygen atoms in total. The van der Waals surface area contributed by atoms with E-state index in [-0.39, 0.29) is 11.3 Å². The van der Waals surface area contributed by atoms with Crippen molar-refractivity contribution in [2.75, 3.05) is 13.2 Å². The summed E-state index contributed by atoms with van der Waals surface area (Å²) < 4.78 is 11.3. The minimum atomic E-state index is -0.380. The number of ether oxygens (including phenoxy) is 2. The Kier molecular flexibility index (Phi) is 3.20. The van der Waals surface area contributed by atoms with Crippen molar-refractivity contribution in [2.45, 2.75) is 56.9 Å². The molecule has 0 aromatic carbocycles. The maximum atomic E-state index is 9.33. The molecular formula is C12H20N2O2. The summed E-state index contributed by atoms with van der Waals surface area (Å²) in [4.78, 5) is 0. The summed E-state index contributed by atoms with van der Waals surface area (Å²) >= 11 is 0. The van der Waals surface area contributed by atoms with Gasteiger partial charge < -0.3 is 9.47 Å². The average Bonchev–Trinajstić information content (AvgIpc) is 2.71. The number of rotatable bonds is 2. The van der Waals surface area contributed by atoms with Crippen molar-refractivity contribution in [3.05, 3.63) is 0 Å². The van der Waals surface area contributed by atoms with Crippen LogP contribution >= 0.6 is 0 Å². The Morgan fingerprint density at radius 1 is 1.12 bits per heavy atom. The Morgan fingerprint density at radius 3 is 2.12 bits per heavy atom. The first kappa shape index (κ1) is 11.8. The number of nitrogens with one attached hydrogen (secondary N) is 1. The molecular weight excluding hydrogens is 204 g/mol. The van der Waals surface area contributed by atoms with Gasteiger partial charge in [0, 0.05) is 18.9 Å². The first-order valence-electron chi connectivity index (χ1n) is 6.07. The quantitative estimate of drug-likeness (QED) is 0.773. The van der Waals surface area contributed by atoms with Crippen LogP contribution < -0.4 is 5.32 Å². The van der Waals surface area contributed by atoms with Crippen molar-refractivity contribution in [2.24, 2.45) is 0 Å². The van der Waals surface area contributed by atoms with Crippen molar-refractivity contribution < 1.29 is 9.47 Å². The van der Waals surface area contributed by atoms with Gasteiger partial charge in [-0.15, -0.1) is 0 Å². The zero-order chi connectivity index (χ0) is 11.6. The Morgan fingerprint density at radius 2 is 1.69 bits per heavy atom. The third-order valence-corrected chi connectivity index (χ3v) is 3.46. The molecule has 1 heterocycles. The Labute approximate surface area is 96.9 Å². The van der Waals surface area contributed by atoms with Crippen LogP contribution in [-0.2, 0) is 9.47 Å². The normalized spacial score (nSPS) is 27.1. The van der Waals surface area contributed by atoms with Crippen LogP contribution in [0.5, 0.6) is 0 Å². The fraction of sp³-hybridized carbons (Fsp3) is 0.917. The lowest BCUT2D eigenvalue weighted by molar-refractivity contribution is -0.183. The van der Waals surface area contributed by atoms with Crippen molar-refractivity contribution in [3.63, 3.8) is 0 Å². The largest absolute Gasteiger partial charge is 0.348 e. The highest BCUT2D eigenvalue weighted by atomic mass is 16.7. The maximum absolute atomic E-state index is 9.33. The molecule has 90 valence electrons. The van der Waals surface area contributed by atoms with Gasteiger partial charge in [-0.1, -0.05) is 0 Å². The molecule has 0 atom stereocenters. The fourth-order valence-corrected chi connectivity index (χ4v) is 2.68. The van der Waals surface area contributed by atoms with Crippen LogP contribution in [0.25, 0.3) is 0 Å². The molecule has 2 aliphatic rings. The number of hydrogen-bond donors (Lipinski definition) is 1. The number of nitriles is 1. The molecule has 0 aromatic rings. The van der Waals surface area contributed by atoms with E-state index in [1.807, 2.05) is 0 Å². The van der Waals surface area contributed by atoms with Gasteiger partial charge in [0.2, 0.25) is 0 Å². The van der Waals surface area contributed by atoms with Crippen molar-refractivity contribution in [1.82, 2.24) is 5.32 Å². The summed E-state index contributed by atoms with van der Waals surface area (Å²) in [5.41, 5.74) is -0.380. The van der Waals surface area contributed by atoms with E-state index in [4.69, 9.17) is 9.47 Å². The highest BCUT2D eigenvalue weighted by Gasteiger charge is 2.46. The third kappa shape index (κ3) is 2.22. The predicted molar refractivity (Wildman–Crippen MR) is 59.7 cm³/mol. The topological polar surface area (TPSA) is 54.3 Å². The molecule has 1 aliphatic heterocycles. The molecule has 1 saturated carbocycles. The van der Waals surface area contributed by atoms with Gasteiger partial charge in [0.25, 0.3) is 0 Å². The lowest BCUT2D eigenvalue weighted by Gasteiger charge is -2.41. The number of hydrogen-bond acceptors (Lipinski definition) is 4. The van der Waals surface area contributed by atoms with Crippen LogP contribution in [-0.4, -0.2) is 30.6 Å². The third-order valence-electron chi connectivity index (χ3n) is 3.46. The van der Waals surface area contributed by atoms with E-state index in [0.29, 0.717) is 19.3 Å².